The molecule has 0 unspecified atom stereocenters. The van der Waals surface area contributed by atoms with Gasteiger partial charge in [0, 0.05) is 4.88 Å². The van der Waals surface area contributed by atoms with E-state index in [9.17, 15) is 4.79 Å². The Kier molecular flexibility index (Phi) is 5.33. The molecule has 0 aliphatic rings. The van der Waals surface area contributed by atoms with Gasteiger partial charge in [0.2, 0.25) is 0 Å². The molecule has 2 heterocycles. The van der Waals surface area contributed by atoms with Gasteiger partial charge in [-0.2, -0.15) is 0 Å². The van der Waals surface area contributed by atoms with Crippen molar-refractivity contribution in [2.45, 2.75) is 20.0 Å². The van der Waals surface area contributed by atoms with Crippen molar-refractivity contribution in [3.63, 3.8) is 0 Å². The molecular formula is C19H19NO3S. The van der Waals surface area contributed by atoms with Crippen LogP contribution in [-0.2, 0) is 17.9 Å². The van der Waals surface area contributed by atoms with Gasteiger partial charge in [-0.1, -0.05) is 18.2 Å². The number of amides is 1. The predicted octanol–water partition coefficient (Wildman–Crippen LogP) is 4.26. The van der Waals surface area contributed by atoms with E-state index in [1.165, 1.54) is 0 Å². The average molecular weight is 341 g/mol. The van der Waals surface area contributed by atoms with Crippen LogP contribution in [0.25, 0.3) is 0 Å². The monoisotopic (exact) mass is 341 g/mol. The van der Waals surface area contributed by atoms with Crippen LogP contribution in [0.2, 0.25) is 0 Å². The number of aryl methyl sites for hydroxylation is 1. The molecule has 3 rings (SSSR count). The van der Waals surface area contributed by atoms with Crippen molar-refractivity contribution in [3.8, 4) is 5.75 Å². The molecular weight excluding hydrogens is 322 g/mol. The number of rotatable bonds is 7. The summed E-state index contributed by atoms with van der Waals surface area (Å²) in [6.07, 6.45) is 1.62. The number of furan rings is 1. The Morgan fingerprint density at radius 2 is 2.08 bits per heavy atom. The van der Waals surface area contributed by atoms with Crippen LogP contribution in [0.5, 0.6) is 5.75 Å². The molecule has 3 aromatic rings. The minimum absolute atomic E-state index is 0.00946. The van der Waals surface area contributed by atoms with Gasteiger partial charge in [-0.05, 0) is 48.2 Å². The van der Waals surface area contributed by atoms with E-state index in [-0.39, 0.29) is 12.5 Å². The molecule has 0 saturated carbocycles. The van der Waals surface area contributed by atoms with Gasteiger partial charge < -0.3 is 14.1 Å². The Balaban J connectivity index is 1.65. The number of thiophene rings is 1. The van der Waals surface area contributed by atoms with Crippen LogP contribution in [-0.4, -0.2) is 17.4 Å². The zero-order valence-electron chi connectivity index (χ0n) is 13.5. The van der Waals surface area contributed by atoms with Crippen LogP contribution in [0.15, 0.2) is 64.6 Å². The van der Waals surface area contributed by atoms with E-state index in [1.54, 1.807) is 22.5 Å². The van der Waals surface area contributed by atoms with Crippen molar-refractivity contribution >= 4 is 17.2 Å². The maximum absolute atomic E-state index is 12.6. The number of hydrogen-bond acceptors (Lipinski definition) is 4. The minimum Gasteiger partial charge on any atom is -0.484 e. The molecule has 124 valence electrons. The van der Waals surface area contributed by atoms with Crippen molar-refractivity contribution in [2.75, 3.05) is 6.61 Å². The SMILES string of the molecule is Cc1cccc(OCC(=O)N(Cc2ccco2)Cc2cccs2)c1. The first-order valence-electron chi connectivity index (χ1n) is 7.73. The third-order valence-corrected chi connectivity index (χ3v) is 4.42. The third-order valence-electron chi connectivity index (χ3n) is 3.56. The highest BCUT2D eigenvalue weighted by molar-refractivity contribution is 7.09. The van der Waals surface area contributed by atoms with Crippen molar-refractivity contribution in [2.24, 2.45) is 0 Å². The lowest BCUT2D eigenvalue weighted by atomic mass is 10.2. The zero-order chi connectivity index (χ0) is 16.8. The molecule has 0 aliphatic carbocycles. The maximum atomic E-state index is 12.6. The number of benzene rings is 1. The van der Waals surface area contributed by atoms with E-state index < -0.39 is 0 Å². The van der Waals surface area contributed by atoms with Gasteiger partial charge in [0.25, 0.3) is 5.91 Å². The predicted molar refractivity (Wildman–Crippen MR) is 94.0 cm³/mol. The summed E-state index contributed by atoms with van der Waals surface area (Å²) < 4.78 is 11.0. The molecule has 0 bridgehead atoms. The Hall–Kier alpha value is -2.53. The zero-order valence-corrected chi connectivity index (χ0v) is 14.3. The highest BCUT2D eigenvalue weighted by Gasteiger charge is 2.17. The largest absolute Gasteiger partial charge is 0.484 e. The fourth-order valence-electron chi connectivity index (χ4n) is 2.36. The molecule has 0 fully saturated rings. The summed E-state index contributed by atoms with van der Waals surface area (Å²) in [6, 6.07) is 15.4. The summed E-state index contributed by atoms with van der Waals surface area (Å²) >= 11 is 1.63. The fourth-order valence-corrected chi connectivity index (χ4v) is 3.07. The van der Waals surface area contributed by atoms with Crippen LogP contribution in [0, 0.1) is 6.92 Å². The Bertz CT molecular complexity index is 730. The van der Waals surface area contributed by atoms with Crippen LogP contribution < -0.4 is 4.74 Å². The summed E-state index contributed by atoms with van der Waals surface area (Å²) in [6.45, 7) is 2.99. The smallest absolute Gasteiger partial charge is 0.261 e. The second-order valence-corrected chi connectivity index (χ2v) is 6.55. The number of hydrogen-bond donors (Lipinski definition) is 0. The molecule has 0 spiro atoms. The van der Waals surface area contributed by atoms with Gasteiger partial charge in [-0.15, -0.1) is 11.3 Å². The summed E-state index contributed by atoms with van der Waals surface area (Å²) in [5.74, 6) is 1.40. The lowest BCUT2D eigenvalue weighted by molar-refractivity contribution is -0.134. The molecule has 4 nitrogen and oxygen atoms in total. The second-order valence-electron chi connectivity index (χ2n) is 5.51. The van der Waals surface area contributed by atoms with E-state index in [2.05, 4.69) is 0 Å². The number of carbonyl (C=O) groups excluding carboxylic acids is 1. The van der Waals surface area contributed by atoms with E-state index in [4.69, 9.17) is 9.15 Å². The van der Waals surface area contributed by atoms with Gasteiger partial charge >= 0.3 is 0 Å². The highest BCUT2D eigenvalue weighted by atomic mass is 32.1. The van der Waals surface area contributed by atoms with Crippen molar-refractivity contribution in [3.05, 3.63) is 76.4 Å². The molecule has 1 amide bonds. The number of nitrogens with zero attached hydrogens (tertiary/aromatic N) is 1. The fraction of sp³-hybridized carbons (Fsp3) is 0.211. The first-order valence-corrected chi connectivity index (χ1v) is 8.61. The molecule has 0 N–H and O–H groups in total. The molecule has 0 aliphatic heterocycles. The number of ether oxygens (including phenoxy) is 1. The van der Waals surface area contributed by atoms with Crippen molar-refractivity contribution < 1.29 is 13.9 Å². The molecule has 0 saturated heterocycles. The summed E-state index contributed by atoms with van der Waals surface area (Å²) in [5.41, 5.74) is 1.10. The third kappa shape index (κ3) is 4.49. The normalized spacial score (nSPS) is 10.5. The van der Waals surface area contributed by atoms with Gasteiger partial charge in [0.15, 0.2) is 6.61 Å². The van der Waals surface area contributed by atoms with E-state index in [0.717, 1.165) is 16.2 Å². The van der Waals surface area contributed by atoms with E-state index in [0.29, 0.717) is 18.8 Å². The molecule has 0 radical (unpaired) electrons. The van der Waals surface area contributed by atoms with Gasteiger partial charge in [0.1, 0.15) is 11.5 Å². The lowest BCUT2D eigenvalue weighted by Gasteiger charge is -2.21. The Morgan fingerprint density at radius 3 is 2.79 bits per heavy atom. The van der Waals surface area contributed by atoms with Crippen LogP contribution >= 0.6 is 11.3 Å². The van der Waals surface area contributed by atoms with Gasteiger partial charge in [-0.25, -0.2) is 0 Å². The number of carbonyl (C=O) groups is 1. The first-order chi connectivity index (χ1) is 11.7. The summed E-state index contributed by atoms with van der Waals surface area (Å²) in [7, 11) is 0. The summed E-state index contributed by atoms with van der Waals surface area (Å²) in [5, 5.41) is 2.01. The van der Waals surface area contributed by atoms with Gasteiger partial charge in [0.05, 0.1) is 19.4 Å². The standard InChI is InChI=1S/C19H19NO3S/c1-15-5-2-6-16(11-15)23-14-19(21)20(12-17-7-3-9-22-17)13-18-8-4-10-24-18/h2-11H,12-14H2,1H3. The molecule has 5 heteroatoms. The second kappa shape index (κ2) is 7.84. The van der Waals surface area contributed by atoms with E-state index >= 15 is 0 Å². The molecule has 24 heavy (non-hydrogen) atoms. The van der Waals surface area contributed by atoms with Crippen LogP contribution in [0.4, 0.5) is 0 Å². The van der Waals surface area contributed by atoms with Gasteiger partial charge in [-0.3, -0.25) is 4.79 Å². The average Bonchev–Trinajstić information content (AvgIpc) is 3.26. The van der Waals surface area contributed by atoms with Crippen molar-refractivity contribution in [1.29, 1.82) is 0 Å². The Labute approximate surface area is 145 Å². The van der Waals surface area contributed by atoms with Crippen LogP contribution in [0.3, 0.4) is 0 Å². The minimum atomic E-state index is -0.0682. The quantitative estimate of drug-likeness (QED) is 0.645. The lowest BCUT2D eigenvalue weighted by Crippen LogP contribution is -2.33. The maximum Gasteiger partial charge on any atom is 0.261 e. The highest BCUT2D eigenvalue weighted by Crippen LogP contribution is 2.16. The molecule has 2 aromatic heterocycles. The topological polar surface area (TPSA) is 42.7 Å². The van der Waals surface area contributed by atoms with Crippen molar-refractivity contribution in [1.82, 2.24) is 4.90 Å². The molecule has 0 atom stereocenters. The Morgan fingerprint density at radius 1 is 1.17 bits per heavy atom. The summed E-state index contributed by atoms with van der Waals surface area (Å²) in [4.78, 5) is 15.5. The first kappa shape index (κ1) is 16.3. The molecule has 1 aromatic carbocycles. The van der Waals surface area contributed by atoms with E-state index in [1.807, 2.05) is 60.8 Å². The van der Waals surface area contributed by atoms with Crippen LogP contribution in [0.1, 0.15) is 16.2 Å².